The van der Waals surface area contributed by atoms with E-state index in [1.165, 1.54) is 0 Å². The Balaban J connectivity index is 2.43. The number of carbonyl (C=O) groups is 1. The molecule has 15 heavy (non-hydrogen) atoms. The monoisotopic (exact) mass is 292 g/mol. The smallest absolute Gasteiger partial charge is 0.247 e. The van der Waals surface area contributed by atoms with E-state index in [4.69, 9.17) is 5.73 Å². The van der Waals surface area contributed by atoms with Crippen LogP contribution in [0.4, 0.5) is 0 Å². The van der Waals surface area contributed by atoms with Crippen molar-refractivity contribution < 1.29 is 9.90 Å². The number of carbonyl (C=O) groups excluding carboxylic acids is 1. The van der Waals surface area contributed by atoms with Gasteiger partial charge in [-0.15, -0.1) is 11.3 Å². The lowest BCUT2D eigenvalue weighted by molar-refractivity contribution is -0.125. The highest BCUT2D eigenvalue weighted by Gasteiger charge is 2.13. The molecular formula is C9H13BrN2O2S. The number of nitrogens with one attached hydrogen (secondary N) is 1. The number of nitrogens with two attached hydrogens (primary N) is 1. The van der Waals surface area contributed by atoms with E-state index in [1.54, 1.807) is 11.3 Å². The molecule has 1 rings (SSSR count). The van der Waals surface area contributed by atoms with Crippen LogP contribution in [0.15, 0.2) is 15.9 Å². The highest BCUT2D eigenvalue weighted by atomic mass is 79.9. The molecule has 0 aliphatic carbocycles. The minimum Gasteiger partial charge on any atom is -0.382 e. The summed E-state index contributed by atoms with van der Waals surface area (Å²) in [7, 11) is 0. The van der Waals surface area contributed by atoms with Gasteiger partial charge in [0.05, 0.1) is 3.79 Å². The molecule has 1 amide bonds. The molecule has 0 aliphatic heterocycles. The van der Waals surface area contributed by atoms with Crippen LogP contribution < -0.4 is 11.1 Å². The Morgan fingerprint density at radius 1 is 1.73 bits per heavy atom. The molecule has 1 aromatic rings. The Hall–Kier alpha value is -0.430. The van der Waals surface area contributed by atoms with E-state index in [0.717, 1.165) is 8.66 Å². The third-order valence-corrected chi connectivity index (χ3v) is 3.77. The van der Waals surface area contributed by atoms with Gasteiger partial charge in [-0.2, -0.15) is 0 Å². The van der Waals surface area contributed by atoms with Gasteiger partial charge in [0.1, 0.15) is 6.10 Å². The quantitative estimate of drug-likeness (QED) is 0.758. The second-order valence-electron chi connectivity index (χ2n) is 3.19. The average molecular weight is 293 g/mol. The standard InChI is InChI=1S/C9H13BrN2O2S/c1-5(7-2-3-8(10)15-7)12-4-6(13)9(11)14/h2-3,5-6,12-13H,4H2,1H3,(H2,11,14). The predicted molar refractivity (Wildman–Crippen MR) is 63.6 cm³/mol. The van der Waals surface area contributed by atoms with Gasteiger partial charge in [0.15, 0.2) is 0 Å². The average Bonchev–Trinajstić information content (AvgIpc) is 2.60. The summed E-state index contributed by atoms with van der Waals surface area (Å²) in [6.45, 7) is 2.14. The molecule has 2 atom stereocenters. The minimum absolute atomic E-state index is 0.0929. The van der Waals surface area contributed by atoms with Gasteiger partial charge in [0, 0.05) is 17.5 Å². The molecule has 0 aromatic carbocycles. The first-order valence-electron chi connectivity index (χ1n) is 4.46. The molecule has 1 aromatic heterocycles. The van der Waals surface area contributed by atoms with Crippen LogP contribution in [0.1, 0.15) is 17.8 Å². The number of halogens is 1. The summed E-state index contributed by atoms with van der Waals surface area (Å²) in [6, 6.07) is 4.04. The summed E-state index contributed by atoms with van der Waals surface area (Å²) in [5, 5.41) is 12.2. The molecule has 6 heteroatoms. The van der Waals surface area contributed by atoms with Crippen LogP contribution in [0.25, 0.3) is 0 Å². The van der Waals surface area contributed by atoms with Crippen molar-refractivity contribution in [3.8, 4) is 0 Å². The molecular weight excluding hydrogens is 280 g/mol. The number of hydrogen-bond donors (Lipinski definition) is 3. The van der Waals surface area contributed by atoms with Crippen LogP contribution in [0.5, 0.6) is 0 Å². The summed E-state index contributed by atoms with van der Waals surface area (Å²) in [6.07, 6.45) is -1.13. The fraction of sp³-hybridized carbons (Fsp3) is 0.444. The predicted octanol–water partition coefficient (Wildman–Crippen LogP) is 1.01. The molecule has 4 N–H and O–H groups in total. The Labute approximate surface area is 101 Å². The Morgan fingerprint density at radius 2 is 2.40 bits per heavy atom. The summed E-state index contributed by atoms with van der Waals surface area (Å²) >= 11 is 4.98. The van der Waals surface area contributed by atoms with Gasteiger partial charge in [0.2, 0.25) is 5.91 Å². The van der Waals surface area contributed by atoms with E-state index in [2.05, 4.69) is 21.2 Å². The first kappa shape index (κ1) is 12.6. The van der Waals surface area contributed by atoms with Gasteiger partial charge in [-0.05, 0) is 35.0 Å². The van der Waals surface area contributed by atoms with Gasteiger partial charge in [-0.25, -0.2) is 0 Å². The van der Waals surface area contributed by atoms with E-state index in [1.807, 2.05) is 19.1 Å². The van der Waals surface area contributed by atoms with E-state index < -0.39 is 12.0 Å². The van der Waals surface area contributed by atoms with Gasteiger partial charge in [-0.3, -0.25) is 4.79 Å². The molecule has 2 unspecified atom stereocenters. The summed E-state index contributed by atoms with van der Waals surface area (Å²) in [5.41, 5.74) is 4.93. The zero-order chi connectivity index (χ0) is 11.4. The highest BCUT2D eigenvalue weighted by molar-refractivity contribution is 9.11. The van der Waals surface area contributed by atoms with Crippen molar-refractivity contribution in [1.29, 1.82) is 0 Å². The van der Waals surface area contributed by atoms with Crippen LogP contribution in [-0.2, 0) is 4.79 Å². The van der Waals surface area contributed by atoms with Gasteiger partial charge >= 0.3 is 0 Å². The van der Waals surface area contributed by atoms with Crippen LogP contribution in [-0.4, -0.2) is 23.7 Å². The van der Waals surface area contributed by atoms with Crippen molar-refractivity contribution in [2.75, 3.05) is 6.54 Å². The van der Waals surface area contributed by atoms with Crippen LogP contribution in [0.2, 0.25) is 0 Å². The summed E-state index contributed by atoms with van der Waals surface area (Å²) in [5.74, 6) is -0.706. The fourth-order valence-electron chi connectivity index (χ4n) is 1.05. The van der Waals surface area contributed by atoms with Crippen LogP contribution in [0, 0.1) is 0 Å². The SMILES string of the molecule is CC(NCC(O)C(N)=O)c1ccc(Br)s1. The zero-order valence-electron chi connectivity index (χ0n) is 8.24. The van der Waals surface area contributed by atoms with Gasteiger partial charge in [0.25, 0.3) is 0 Å². The number of thiophene rings is 1. The molecule has 0 saturated carbocycles. The van der Waals surface area contributed by atoms with E-state index >= 15 is 0 Å². The van der Waals surface area contributed by atoms with Crippen LogP contribution >= 0.6 is 27.3 Å². The third kappa shape index (κ3) is 3.90. The minimum atomic E-state index is -1.13. The lowest BCUT2D eigenvalue weighted by atomic mass is 10.2. The van der Waals surface area contributed by atoms with E-state index in [9.17, 15) is 9.90 Å². The molecule has 0 saturated heterocycles. The van der Waals surface area contributed by atoms with Gasteiger partial charge < -0.3 is 16.2 Å². The Morgan fingerprint density at radius 3 is 2.87 bits per heavy atom. The summed E-state index contributed by atoms with van der Waals surface area (Å²) in [4.78, 5) is 11.7. The zero-order valence-corrected chi connectivity index (χ0v) is 10.6. The highest BCUT2D eigenvalue weighted by Crippen LogP contribution is 2.26. The third-order valence-electron chi connectivity index (χ3n) is 1.97. The molecule has 0 spiro atoms. The Bertz CT molecular complexity index is 343. The van der Waals surface area contributed by atoms with E-state index in [-0.39, 0.29) is 12.6 Å². The maximum atomic E-state index is 10.6. The van der Waals surface area contributed by atoms with Crippen molar-refractivity contribution in [3.63, 3.8) is 0 Å². The number of aliphatic hydroxyl groups excluding tert-OH is 1. The normalized spacial score (nSPS) is 14.9. The second-order valence-corrected chi connectivity index (χ2v) is 5.68. The number of amides is 1. The van der Waals surface area contributed by atoms with Crippen molar-refractivity contribution in [3.05, 3.63) is 20.8 Å². The van der Waals surface area contributed by atoms with Crippen LogP contribution in [0.3, 0.4) is 0 Å². The lowest BCUT2D eigenvalue weighted by Gasteiger charge is -2.13. The topological polar surface area (TPSA) is 75.3 Å². The molecule has 4 nitrogen and oxygen atoms in total. The molecule has 1 heterocycles. The first-order valence-corrected chi connectivity index (χ1v) is 6.07. The van der Waals surface area contributed by atoms with Crippen molar-refractivity contribution >= 4 is 33.2 Å². The first-order chi connectivity index (χ1) is 7.00. The van der Waals surface area contributed by atoms with Gasteiger partial charge in [-0.1, -0.05) is 0 Å². The number of hydrogen-bond acceptors (Lipinski definition) is 4. The lowest BCUT2D eigenvalue weighted by Crippen LogP contribution is -2.38. The Kier molecular flexibility index (Phi) is 4.72. The molecule has 0 bridgehead atoms. The largest absolute Gasteiger partial charge is 0.382 e. The maximum absolute atomic E-state index is 10.6. The van der Waals surface area contributed by atoms with Crippen molar-refractivity contribution in [2.45, 2.75) is 19.1 Å². The van der Waals surface area contributed by atoms with Crippen molar-refractivity contribution in [1.82, 2.24) is 5.32 Å². The number of aliphatic hydroxyl groups is 1. The second kappa shape index (κ2) is 5.60. The van der Waals surface area contributed by atoms with E-state index in [0.29, 0.717) is 0 Å². The molecule has 0 aliphatic rings. The van der Waals surface area contributed by atoms with Crippen molar-refractivity contribution in [2.24, 2.45) is 5.73 Å². The number of primary amides is 1. The molecule has 0 radical (unpaired) electrons. The molecule has 84 valence electrons. The summed E-state index contributed by atoms with van der Waals surface area (Å²) < 4.78 is 1.06. The fourth-order valence-corrected chi connectivity index (χ4v) is 2.50. The number of rotatable bonds is 5. The molecule has 0 fully saturated rings. The maximum Gasteiger partial charge on any atom is 0.247 e.